The number of amides is 2. The highest BCUT2D eigenvalue weighted by Gasteiger charge is 2.12. The third-order valence-corrected chi connectivity index (χ3v) is 2.65. The molecule has 0 saturated carbocycles. The van der Waals surface area contributed by atoms with E-state index in [1.165, 1.54) is 0 Å². The largest absolute Gasteiger partial charge is 0.392 e. The van der Waals surface area contributed by atoms with Crippen molar-refractivity contribution in [3.8, 4) is 0 Å². The van der Waals surface area contributed by atoms with Gasteiger partial charge in [-0.3, -0.25) is 0 Å². The average Bonchev–Trinajstić information content (AvgIpc) is 2.28. The van der Waals surface area contributed by atoms with E-state index in [0.717, 1.165) is 11.3 Å². The molecule has 92 valence electrons. The molecule has 1 unspecified atom stereocenters. The smallest absolute Gasteiger partial charge is 0.319 e. The molecule has 17 heavy (non-hydrogen) atoms. The third-order valence-electron chi connectivity index (χ3n) is 2.37. The molecule has 0 aromatic heterocycles. The van der Waals surface area contributed by atoms with E-state index in [4.69, 9.17) is 18.0 Å². The number of aryl methyl sites for hydroxylation is 1. The van der Waals surface area contributed by atoms with Crippen LogP contribution in [-0.4, -0.2) is 17.1 Å². The summed E-state index contributed by atoms with van der Waals surface area (Å²) in [6.45, 7) is 3.90. The van der Waals surface area contributed by atoms with Crippen LogP contribution in [0.15, 0.2) is 24.3 Å². The van der Waals surface area contributed by atoms with Gasteiger partial charge < -0.3 is 16.4 Å². The molecule has 5 heteroatoms. The normalized spacial score (nSPS) is 11.6. The summed E-state index contributed by atoms with van der Waals surface area (Å²) in [6.07, 6.45) is 0.677. The van der Waals surface area contributed by atoms with E-state index in [-0.39, 0.29) is 12.1 Å². The van der Waals surface area contributed by atoms with Crippen molar-refractivity contribution in [3.63, 3.8) is 0 Å². The van der Waals surface area contributed by atoms with Crippen LogP contribution < -0.4 is 16.4 Å². The molecule has 1 aromatic carbocycles. The highest BCUT2D eigenvalue weighted by atomic mass is 32.1. The number of hydrogen-bond donors (Lipinski definition) is 3. The van der Waals surface area contributed by atoms with Crippen molar-refractivity contribution in [1.82, 2.24) is 5.32 Å². The molecule has 0 spiro atoms. The maximum absolute atomic E-state index is 11.6. The summed E-state index contributed by atoms with van der Waals surface area (Å²) in [6, 6.07) is 6.98. The van der Waals surface area contributed by atoms with Gasteiger partial charge in [0.2, 0.25) is 0 Å². The Balaban J connectivity index is 2.54. The van der Waals surface area contributed by atoms with Gasteiger partial charge in [-0.1, -0.05) is 36.8 Å². The van der Waals surface area contributed by atoms with Gasteiger partial charge in [0, 0.05) is 5.69 Å². The Kier molecular flexibility index (Phi) is 4.90. The fraction of sp³-hybridized carbons (Fsp3) is 0.333. The first kappa shape index (κ1) is 13.4. The molecule has 0 saturated heterocycles. The maximum atomic E-state index is 11.6. The predicted octanol–water partition coefficient (Wildman–Crippen LogP) is 2.18. The molecule has 4 nitrogen and oxygen atoms in total. The van der Waals surface area contributed by atoms with Crippen LogP contribution in [0.1, 0.15) is 18.9 Å². The molecule has 0 aliphatic heterocycles. The zero-order chi connectivity index (χ0) is 12.8. The first-order valence-corrected chi connectivity index (χ1v) is 5.87. The minimum absolute atomic E-state index is 0.268. The Bertz CT molecular complexity index is 403. The van der Waals surface area contributed by atoms with Crippen LogP contribution in [0.25, 0.3) is 0 Å². The molecule has 0 fully saturated rings. The molecule has 0 heterocycles. The second kappa shape index (κ2) is 6.20. The standard InChI is InChI=1S/C12H17N3OS/c1-3-10(11(13)17)15-12(16)14-9-6-4-8(2)5-7-9/h4-7,10H,3H2,1-2H3,(H2,13,17)(H2,14,15,16). The molecule has 0 aliphatic carbocycles. The first-order chi connectivity index (χ1) is 8.02. The summed E-state index contributed by atoms with van der Waals surface area (Å²) in [7, 11) is 0. The van der Waals surface area contributed by atoms with Gasteiger partial charge in [0.15, 0.2) is 0 Å². The number of carbonyl (C=O) groups is 1. The molecule has 1 rings (SSSR count). The van der Waals surface area contributed by atoms with Crippen LogP contribution in [0.2, 0.25) is 0 Å². The number of urea groups is 1. The summed E-state index contributed by atoms with van der Waals surface area (Å²) in [4.78, 5) is 11.9. The Hall–Kier alpha value is -1.62. The number of benzene rings is 1. The fourth-order valence-electron chi connectivity index (χ4n) is 1.34. The molecule has 1 atom stereocenters. The molecular weight excluding hydrogens is 234 g/mol. The van der Waals surface area contributed by atoms with Crippen LogP contribution in [0.4, 0.5) is 10.5 Å². The van der Waals surface area contributed by atoms with E-state index in [0.29, 0.717) is 11.4 Å². The van der Waals surface area contributed by atoms with Crippen molar-refractivity contribution in [2.75, 3.05) is 5.32 Å². The number of thiocarbonyl (C=S) groups is 1. The Morgan fingerprint density at radius 1 is 1.41 bits per heavy atom. The molecule has 1 aromatic rings. The summed E-state index contributed by atoms with van der Waals surface area (Å²) >= 11 is 4.85. The quantitative estimate of drug-likeness (QED) is 0.718. The van der Waals surface area contributed by atoms with Gasteiger partial charge in [0.05, 0.1) is 11.0 Å². The lowest BCUT2D eigenvalue weighted by atomic mass is 10.2. The van der Waals surface area contributed by atoms with Crippen LogP contribution in [0.5, 0.6) is 0 Å². The highest BCUT2D eigenvalue weighted by Crippen LogP contribution is 2.08. The topological polar surface area (TPSA) is 67.2 Å². The number of nitrogens with two attached hydrogens (primary N) is 1. The number of nitrogens with one attached hydrogen (secondary N) is 2. The third kappa shape index (κ3) is 4.40. The second-order valence-electron chi connectivity index (χ2n) is 3.83. The number of hydrogen-bond acceptors (Lipinski definition) is 2. The van der Waals surface area contributed by atoms with Crippen LogP contribution in [0.3, 0.4) is 0 Å². The zero-order valence-electron chi connectivity index (χ0n) is 9.99. The molecule has 2 amide bonds. The van der Waals surface area contributed by atoms with Gasteiger partial charge in [-0.05, 0) is 25.5 Å². The Morgan fingerprint density at radius 3 is 2.47 bits per heavy atom. The van der Waals surface area contributed by atoms with Gasteiger partial charge in [0.1, 0.15) is 0 Å². The average molecular weight is 251 g/mol. The lowest BCUT2D eigenvalue weighted by Gasteiger charge is -2.15. The SMILES string of the molecule is CCC(NC(=O)Nc1ccc(C)cc1)C(N)=S. The lowest BCUT2D eigenvalue weighted by molar-refractivity contribution is 0.250. The van der Waals surface area contributed by atoms with E-state index < -0.39 is 0 Å². The van der Waals surface area contributed by atoms with Crippen LogP contribution in [0, 0.1) is 6.92 Å². The van der Waals surface area contributed by atoms with E-state index in [1.54, 1.807) is 0 Å². The number of carbonyl (C=O) groups excluding carboxylic acids is 1. The van der Waals surface area contributed by atoms with E-state index in [1.807, 2.05) is 38.1 Å². The number of rotatable bonds is 4. The van der Waals surface area contributed by atoms with Crippen molar-refractivity contribution in [1.29, 1.82) is 0 Å². The molecule has 0 aliphatic rings. The van der Waals surface area contributed by atoms with Crippen molar-refractivity contribution in [3.05, 3.63) is 29.8 Å². The monoisotopic (exact) mass is 251 g/mol. The molecule has 0 radical (unpaired) electrons. The second-order valence-corrected chi connectivity index (χ2v) is 4.30. The molecular formula is C12H17N3OS. The Morgan fingerprint density at radius 2 is 2.00 bits per heavy atom. The minimum Gasteiger partial charge on any atom is -0.392 e. The van der Waals surface area contributed by atoms with Gasteiger partial charge in [-0.15, -0.1) is 0 Å². The number of anilines is 1. The summed E-state index contributed by atoms with van der Waals surface area (Å²) in [5.74, 6) is 0. The lowest BCUT2D eigenvalue weighted by Crippen LogP contribution is -2.44. The summed E-state index contributed by atoms with van der Waals surface area (Å²) in [5.41, 5.74) is 7.38. The molecule has 4 N–H and O–H groups in total. The van der Waals surface area contributed by atoms with E-state index >= 15 is 0 Å². The van der Waals surface area contributed by atoms with E-state index in [2.05, 4.69) is 10.6 Å². The van der Waals surface area contributed by atoms with Gasteiger partial charge in [-0.2, -0.15) is 0 Å². The minimum atomic E-state index is -0.298. The zero-order valence-corrected chi connectivity index (χ0v) is 10.8. The van der Waals surface area contributed by atoms with Gasteiger partial charge >= 0.3 is 6.03 Å². The fourth-order valence-corrected chi connectivity index (χ4v) is 1.56. The van der Waals surface area contributed by atoms with Gasteiger partial charge in [0.25, 0.3) is 0 Å². The highest BCUT2D eigenvalue weighted by molar-refractivity contribution is 7.80. The molecule has 0 bridgehead atoms. The van der Waals surface area contributed by atoms with Gasteiger partial charge in [-0.25, -0.2) is 4.79 Å². The van der Waals surface area contributed by atoms with Crippen molar-refractivity contribution in [2.45, 2.75) is 26.3 Å². The van der Waals surface area contributed by atoms with Crippen molar-refractivity contribution in [2.24, 2.45) is 5.73 Å². The summed E-state index contributed by atoms with van der Waals surface area (Å²) in [5, 5.41) is 5.44. The van der Waals surface area contributed by atoms with Crippen LogP contribution in [-0.2, 0) is 0 Å². The predicted molar refractivity (Wildman–Crippen MR) is 74.2 cm³/mol. The first-order valence-electron chi connectivity index (χ1n) is 5.46. The summed E-state index contributed by atoms with van der Waals surface area (Å²) < 4.78 is 0. The van der Waals surface area contributed by atoms with E-state index in [9.17, 15) is 4.79 Å². The maximum Gasteiger partial charge on any atom is 0.319 e. The Labute approximate surface area is 107 Å². The van der Waals surface area contributed by atoms with Crippen molar-refractivity contribution < 1.29 is 4.79 Å². The van der Waals surface area contributed by atoms with Crippen molar-refractivity contribution >= 4 is 28.9 Å². The van der Waals surface area contributed by atoms with Crippen LogP contribution >= 0.6 is 12.2 Å².